The molecule has 10 nitrogen and oxygen atoms in total. The van der Waals surface area contributed by atoms with E-state index in [-0.39, 0.29) is 19.6 Å². The van der Waals surface area contributed by atoms with Crippen LogP contribution in [-0.4, -0.2) is 89.0 Å². The van der Waals surface area contributed by atoms with Gasteiger partial charge in [0, 0.05) is 12.5 Å². The summed E-state index contributed by atoms with van der Waals surface area (Å²) in [6, 6.07) is 0. The topological polar surface area (TPSA) is 152 Å². The van der Waals surface area contributed by atoms with Crippen molar-refractivity contribution < 1.29 is 49.0 Å². The highest BCUT2D eigenvalue weighted by Gasteiger charge is 2.44. The van der Waals surface area contributed by atoms with Crippen LogP contribution in [0.3, 0.4) is 0 Å². The van der Waals surface area contributed by atoms with E-state index >= 15 is 0 Å². The van der Waals surface area contributed by atoms with Crippen LogP contribution in [0, 0.1) is 0 Å². The molecule has 0 bridgehead atoms. The summed E-state index contributed by atoms with van der Waals surface area (Å²) in [7, 11) is 0. The summed E-state index contributed by atoms with van der Waals surface area (Å²) in [6.45, 7) is 3.31. The molecule has 0 spiro atoms. The summed E-state index contributed by atoms with van der Waals surface area (Å²) in [4.78, 5) is 25.1. The van der Waals surface area contributed by atoms with Gasteiger partial charge in [0.25, 0.3) is 0 Å². The van der Waals surface area contributed by atoms with Crippen molar-refractivity contribution in [3.63, 3.8) is 0 Å². The smallest absolute Gasteiger partial charge is 0.331 e. The summed E-state index contributed by atoms with van der Waals surface area (Å²) >= 11 is 0. The molecule has 0 aromatic rings. The van der Waals surface area contributed by atoms with Crippen LogP contribution in [0.4, 0.5) is 0 Å². The van der Waals surface area contributed by atoms with Crippen LogP contribution in [-0.2, 0) is 28.5 Å². The number of unbranched alkanes of at least 4 members (excludes halogenated alkanes) is 23. The van der Waals surface area contributed by atoms with Gasteiger partial charge in [0.15, 0.2) is 12.4 Å². The average molecular weight is 755 g/mol. The minimum absolute atomic E-state index is 0.260. The van der Waals surface area contributed by atoms with Crippen LogP contribution < -0.4 is 0 Å². The maximum absolute atomic E-state index is 12.6. The van der Waals surface area contributed by atoms with Crippen molar-refractivity contribution in [3.05, 3.63) is 24.3 Å². The largest absolute Gasteiger partial charge is 0.462 e. The van der Waals surface area contributed by atoms with E-state index in [0.717, 1.165) is 32.1 Å². The first-order valence-electron chi connectivity index (χ1n) is 21.5. The number of carbonyl (C=O) groups excluding carboxylic acids is 2. The lowest BCUT2D eigenvalue weighted by atomic mass is 9.99. The lowest BCUT2D eigenvalue weighted by Gasteiger charge is -2.39. The van der Waals surface area contributed by atoms with Gasteiger partial charge in [-0.1, -0.05) is 173 Å². The number of aliphatic hydroxyl groups excluding tert-OH is 4. The summed E-state index contributed by atoms with van der Waals surface area (Å²) in [5.74, 6) is -1.05. The van der Waals surface area contributed by atoms with Crippen molar-refractivity contribution in [2.24, 2.45) is 0 Å². The molecule has 1 fully saturated rings. The Hall–Kier alpha value is -1.82. The molecule has 6 atom stereocenters. The highest BCUT2D eigenvalue weighted by atomic mass is 16.7. The Bertz CT molecular complexity index is 923. The number of rotatable bonds is 35. The van der Waals surface area contributed by atoms with Crippen molar-refractivity contribution in [1.82, 2.24) is 0 Å². The van der Waals surface area contributed by atoms with E-state index in [1.165, 1.54) is 134 Å². The zero-order valence-corrected chi connectivity index (χ0v) is 33.5. The van der Waals surface area contributed by atoms with Gasteiger partial charge in [-0.3, -0.25) is 4.79 Å². The Morgan fingerprint density at radius 1 is 0.623 bits per heavy atom. The second kappa shape index (κ2) is 34.7. The molecule has 53 heavy (non-hydrogen) atoms. The maximum atomic E-state index is 12.6. The monoisotopic (exact) mass is 755 g/mol. The Labute approximate surface area is 322 Å². The van der Waals surface area contributed by atoms with Crippen molar-refractivity contribution in [2.75, 3.05) is 19.8 Å². The molecule has 0 aromatic heterocycles. The molecule has 10 heteroatoms. The number of esters is 2. The van der Waals surface area contributed by atoms with Crippen molar-refractivity contribution >= 4 is 11.9 Å². The molecule has 1 heterocycles. The summed E-state index contributed by atoms with van der Waals surface area (Å²) in [6.07, 6.45) is 29.6. The third-order valence-electron chi connectivity index (χ3n) is 9.95. The Morgan fingerprint density at radius 3 is 1.62 bits per heavy atom. The maximum Gasteiger partial charge on any atom is 0.331 e. The van der Waals surface area contributed by atoms with E-state index in [1.54, 1.807) is 6.08 Å². The number of hydrogen-bond acceptors (Lipinski definition) is 10. The first-order valence-corrected chi connectivity index (χ1v) is 21.5. The summed E-state index contributed by atoms with van der Waals surface area (Å²) in [5.41, 5.74) is 0. The molecule has 1 aliphatic heterocycles. The molecular weight excluding hydrogens is 676 g/mol. The Balaban J connectivity index is 2.41. The number of hydrogen-bond donors (Lipinski definition) is 4. The third kappa shape index (κ3) is 26.6. The van der Waals surface area contributed by atoms with E-state index in [9.17, 15) is 30.0 Å². The first kappa shape index (κ1) is 49.2. The van der Waals surface area contributed by atoms with Gasteiger partial charge in [-0.15, -0.1) is 0 Å². The van der Waals surface area contributed by atoms with Crippen LogP contribution in [0.5, 0.6) is 0 Å². The lowest BCUT2D eigenvalue weighted by molar-refractivity contribution is -0.305. The van der Waals surface area contributed by atoms with E-state index in [2.05, 4.69) is 13.8 Å². The van der Waals surface area contributed by atoms with Crippen LogP contribution in [0.1, 0.15) is 181 Å². The second-order valence-electron chi connectivity index (χ2n) is 14.9. The molecule has 310 valence electrons. The van der Waals surface area contributed by atoms with Crippen LogP contribution in [0.15, 0.2) is 24.3 Å². The summed E-state index contributed by atoms with van der Waals surface area (Å²) < 4.78 is 21.9. The minimum atomic E-state index is -1.61. The first-order chi connectivity index (χ1) is 25.8. The van der Waals surface area contributed by atoms with Gasteiger partial charge in [0.2, 0.25) is 0 Å². The highest BCUT2D eigenvalue weighted by molar-refractivity contribution is 5.82. The van der Waals surface area contributed by atoms with Gasteiger partial charge >= 0.3 is 11.9 Å². The van der Waals surface area contributed by atoms with Gasteiger partial charge in [-0.25, -0.2) is 4.79 Å². The fourth-order valence-corrected chi connectivity index (χ4v) is 6.51. The fraction of sp³-hybridized carbons (Fsp3) is 0.860. The molecule has 0 aliphatic carbocycles. The molecule has 2 unspecified atom stereocenters. The molecular formula is C43H78O10. The predicted octanol–water partition coefficient (Wildman–Crippen LogP) is 8.55. The van der Waals surface area contributed by atoms with Crippen molar-refractivity contribution in [2.45, 2.75) is 218 Å². The fourth-order valence-electron chi connectivity index (χ4n) is 6.51. The van der Waals surface area contributed by atoms with Gasteiger partial charge in [0.1, 0.15) is 31.0 Å². The zero-order valence-electron chi connectivity index (χ0n) is 33.5. The normalized spacial score (nSPS) is 21.1. The SMILES string of the molecule is CCCCCCCCCCCCC/C=C/C=C/C(=O)O[C@H](COC(=O)CCCCCCCCCCCCCCC)CO[C@@H]1O[C@H](CO)[C@H](O)C(O)C1O. The molecule has 1 saturated heterocycles. The molecule has 4 N–H and O–H groups in total. The molecule has 0 saturated carbocycles. The van der Waals surface area contributed by atoms with E-state index in [4.69, 9.17) is 18.9 Å². The third-order valence-corrected chi connectivity index (χ3v) is 9.95. The number of carbonyl (C=O) groups is 2. The van der Waals surface area contributed by atoms with Gasteiger partial charge in [0.05, 0.1) is 13.2 Å². The zero-order chi connectivity index (χ0) is 38.8. The number of ether oxygens (including phenoxy) is 4. The number of allylic oxidation sites excluding steroid dienone is 3. The Morgan fingerprint density at radius 2 is 1.11 bits per heavy atom. The van der Waals surface area contributed by atoms with E-state index in [1.807, 2.05) is 12.2 Å². The van der Waals surface area contributed by atoms with Crippen molar-refractivity contribution in [1.29, 1.82) is 0 Å². The molecule has 0 amide bonds. The van der Waals surface area contributed by atoms with Crippen LogP contribution in [0.2, 0.25) is 0 Å². The van der Waals surface area contributed by atoms with Crippen LogP contribution in [0.25, 0.3) is 0 Å². The molecule has 1 aliphatic rings. The van der Waals surface area contributed by atoms with Gasteiger partial charge in [-0.05, 0) is 19.3 Å². The number of aliphatic hydroxyl groups is 4. The molecule has 1 rings (SSSR count). The van der Waals surface area contributed by atoms with Gasteiger partial charge < -0.3 is 39.4 Å². The van der Waals surface area contributed by atoms with Crippen LogP contribution >= 0.6 is 0 Å². The molecule has 0 aromatic carbocycles. The lowest BCUT2D eigenvalue weighted by Crippen LogP contribution is -2.59. The van der Waals surface area contributed by atoms with E-state index < -0.39 is 55.4 Å². The van der Waals surface area contributed by atoms with Crippen molar-refractivity contribution in [3.8, 4) is 0 Å². The predicted molar refractivity (Wildman–Crippen MR) is 210 cm³/mol. The molecule has 0 radical (unpaired) electrons. The van der Waals surface area contributed by atoms with Gasteiger partial charge in [-0.2, -0.15) is 0 Å². The standard InChI is InChI=1S/C43H78O10/c1-3-5-7-9-11-13-15-17-18-20-22-24-26-28-30-32-39(46)52-36(35-51-43-42(49)41(48)40(47)37(33-44)53-43)34-50-38(45)31-29-27-25-23-21-19-16-14-12-10-8-6-4-2/h26,28,30,32,36-37,40-44,47-49H,3-25,27,29,31,33-35H2,1-2H3/b28-26+,32-30+/t36-,37-,40+,41?,42?,43-/m1/s1. The summed E-state index contributed by atoms with van der Waals surface area (Å²) in [5, 5.41) is 40.0. The minimum Gasteiger partial charge on any atom is -0.462 e. The van der Waals surface area contributed by atoms with E-state index in [0.29, 0.717) is 0 Å². The average Bonchev–Trinajstić information content (AvgIpc) is 3.15. The second-order valence-corrected chi connectivity index (χ2v) is 14.9. The Kier molecular flexibility index (Phi) is 32.2. The highest BCUT2D eigenvalue weighted by Crippen LogP contribution is 2.22. The quantitative estimate of drug-likeness (QED) is 0.0214.